The largest absolute Gasteiger partial charge is 0.123 e. The van der Waals surface area contributed by atoms with E-state index in [1.54, 1.807) is 0 Å². The van der Waals surface area contributed by atoms with E-state index < -0.39 is 0 Å². The summed E-state index contributed by atoms with van der Waals surface area (Å²) in [5, 5.41) is 0.373. The second-order valence-corrected chi connectivity index (χ2v) is 5.22. The van der Waals surface area contributed by atoms with Gasteiger partial charge in [0, 0.05) is 5.38 Å². The van der Waals surface area contributed by atoms with Crippen LogP contribution in [0.2, 0.25) is 0 Å². The van der Waals surface area contributed by atoms with Crippen molar-refractivity contribution >= 4 is 11.6 Å². The van der Waals surface area contributed by atoms with Crippen molar-refractivity contribution in [1.82, 2.24) is 0 Å². The standard InChI is InChI=1S/C11H21Cl/c1-8(2)10-6-4-5-7-11(10)9(3)12/h8-11H,4-7H2,1-3H3. The first-order chi connectivity index (χ1) is 5.63. The first-order valence-corrected chi connectivity index (χ1v) is 5.70. The molecule has 0 N–H and O–H groups in total. The highest BCUT2D eigenvalue weighted by atomic mass is 35.5. The first kappa shape index (κ1) is 10.4. The highest BCUT2D eigenvalue weighted by Crippen LogP contribution is 2.38. The molecule has 0 aliphatic heterocycles. The van der Waals surface area contributed by atoms with Crippen molar-refractivity contribution in [1.29, 1.82) is 0 Å². The van der Waals surface area contributed by atoms with Crippen LogP contribution in [0.3, 0.4) is 0 Å². The van der Waals surface area contributed by atoms with Crippen molar-refractivity contribution in [2.45, 2.75) is 51.8 Å². The number of rotatable bonds is 2. The molecule has 1 fully saturated rings. The lowest BCUT2D eigenvalue weighted by Gasteiger charge is -2.36. The van der Waals surface area contributed by atoms with Gasteiger partial charge in [-0.3, -0.25) is 0 Å². The summed E-state index contributed by atoms with van der Waals surface area (Å²) < 4.78 is 0. The average molecular weight is 189 g/mol. The maximum absolute atomic E-state index is 6.20. The third-order valence-electron chi connectivity index (χ3n) is 3.32. The lowest BCUT2D eigenvalue weighted by molar-refractivity contribution is 0.178. The second-order valence-electron chi connectivity index (χ2n) is 4.53. The molecule has 0 amide bonds. The third-order valence-corrected chi connectivity index (χ3v) is 3.64. The average Bonchev–Trinajstić information content (AvgIpc) is 2.04. The quantitative estimate of drug-likeness (QED) is 0.573. The molecular formula is C11H21Cl. The van der Waals surface area contributed by atoms with Gasteiger partial charge in [0.25, 0.3) is 0 Å². The fraction of sp³-hybridized carbons (Fsp3) is 1.00. The summed E-state index contributed by atoms with van der Waals surface area (Å²) >= 11 is 6.20. The third kappa shape index (κ3) is 2.39. The zero-order valence-corrected chi connectivity index (χ0v) is 9.27. The van der Waals surface area contributed by atoms with Crippen LogP contribution < -0.4 is 0 Å². The summed E-state index contributed by atoms with van der Waals surface area (Å²) in [6, 6.07) is 0. The molecule has 1 aliphatic carbocycles. The molecule has 3 atom stereocenters. The highest BCUT2D eigenvalue weighted by Gasteiger charge is 2.30. The van der Waals surface area contributed by atoms with E-state index in [1.807, 2.05) is 0 Å². The van der Waals surface area contributed by atoms with Crippen LogP contribution in [0.15, 0.2) is 0 Å². The molecule has 0 bridgehead atoms. The van der Waals surface area contributed by atoms with E-state index in [-0.39, 0.29) is 0 Å². The van der Waals surface area contributed by atoms with Crippen LogP contribution in [0.4, 0.5) is 0 Å². The molecule has 0 spiro atoms. The summed E-state index contributed by atoms with van der Waals surface area (Å²) in [5.41, 5.74) is 0. The summed E-state index contributed by atoms with van der Waals surface area (Å²) in [6.07, 6.45) is 5.57. The Morgan fingerprint density at radius 3 is 1.83 bits per heavy atom. The van der Waals surface area contributed by atoms with Crippen molar-refractivity contribution in [3.8, 4) is 0 Å². The molecule has 1 heteroatoms. The van der Waals surface area contributed by atoms with E-state index in [2.05, 4.69) is 20.8 Å². The molecule has 72 valence electrons. The normalized spacial score (nSPS) is 33.8. The Morgan fingerprint density at radius 2 is 1.50 bits per heavy atom. The van der Waals surface area contributed by atoms with Crippen LogP contribution >= 0.6 is 11.6 Å². The summed E-state index contributed by atoms with van der Waals surface area (Å²) in [5.74, 6) is 2.48. The van der Waals surface area contributed by atoms with Crippen LogP contribution in [0.5, 0.6) is 0 Å². The van der Waals surface area contributed by atoms with E-state index in [1.165, 1.54) is 25.7 Å². The Bertz CT molecular complexity index is 113. The van der Waals surface area contributed by atoms with Gasteiger partial charge in [0.05, 0.1) is 0 Å². The maximum Gasteiger partial charge on any atom is 0.0338 e. The Balaban J connectivity index is 2.54. The van der Waals surface area contributed by atoms with Crippen molar-refractivity contribution in [3.05, 3.63) is 0 Å². The van der Waals surface area contributed by atoms with Crippen LogP contribution in [0, 0.1) is 17.8 Å². The molecule has 0 heterocycles. The van der Waals surface area contributed by atoms with E-state index in [0.29, 0.717) is 5.38 Å². The van der Waals surface area contributed by atoms with E-state index >= 15 is 0 Å². The Morgan fingerprint density at radius 1 is 1.00 bits per heavy atom. The molecule has 0 nitrogen and oxygen atoms in total. The minimum Gasteiger partial charge on any atom is -0.123 e. The molecule has 0 saturated heterocycles. The topological polar surface area (TPSA) is 0 Å². The van der Waals surface area contributed by atoms with Gasteiger partial charge in [0.1, 0.15) is 0 Å². The van der Waals surface area contributed by atoms with Gasteiger partial charge >= 0.3 is 0 Å². The van der Waals surface area contributed by atoms with Crippen molar-refractivity contribution in [3.63, 3.8) is 0 Å². The Hall–Kier alpha value is 0.290. The zero-order chi connectivity index (χ0) is 9.14. The summed E-state index contributed by atoms with van der Waals surface area (Å²) in [4.78, 5) is 0. The fourth-order valence-electron chi connectivity index (χ4n) is 2.59. The van der Waals surface area contributed by atoms with Gasteiger partial charge in [0.2, 0.25) is 0 Å². The molecule has 0 aromatic heterocycles. The smallest absolute Gasteiger partial charge is 0.0338 e. The van der Waals surface area contributed by atoms with Crippen molar-refractivity contribution < 1.29 is 0 Å². The lowest BCUT2D eigenvalue weighted by Crippen LogP contribution is -2.29. The van der Waals surface area contributed by atoms with Crippen LogP contribution in [0.1, 0.15) is 46.5 Å². The molecular weight excluding hydrogens is 168 g/mol. The molecule has 1 aliphatic rings. The number of halogens is 1. The van der Waals surface area contributed by atoms with Gasteiger partial charge in [-0.15, -0.1) is 11.6 Å². The monoisotopic (exact) mass is 188 g/mol. The predicted octanol–water partition coefficient (Wildman–Crippen LogP) is 4.08. The molecule has 12 heavy (non-hydrogen) atoms. The molecule has 1 rings (SSSR count). The lowest BCUT2D eigenvalue weighted by atomic mass is 9.72. The fourth-order valence-corrected chi connectivity index (χ4v) is 2.90. The van der Waals surface area contributed by atoms with Gasteiger partial charge in [-0.05, 0) is 37.5 Å². The van der Waals surface area contributed by atoms with Gasteiger partial charge in [-0.2, -0.15) is 0 Å². The summed E-state index contributed by atoms with van der Waals surface area (Å²) in [6.45, 7) is 6.83. The van der Waals surface area contributed by atoms with Crippen molar-refractivity contribution in [2.24, 2.45) is 17.8 Å². The van der Waals surface area contributed by atoms with Gasteiger partial charge in [-0.1, -0.05) is 26.7 Å². The molecule has 3 unspecified atom stereocenters. The Kier molecular flexibility index (Phi) is 3.89. The molecule has 1 saturated carbocycles. The van der Waals surface area contributed by atoms with Crippen LogP contribution in [-0.2, 0) is 0 Å². The molecule has 0 aromatic rings. The first-order valence-electron chi connectivity index (χ1n) is 5.27. The van der Waals surface area contributed by atoms with Crippen LogP contribution in [-0.4, -0.2) is 5.38 Å². The zero-order valence-electron chi connectivity index (χ0n) is 8.52. The van der Waals surface area contributed by atoms with Crippen molar-refractivity contribution in [2.75, 3.05) is 0 Å². The Labute approximate surface area is 81.7 Å². The number of alkyl halides is 1. The van der Waals surface area contributed by atoms with Crippen LogP contribution in [0.25, 0.3) is 0 Å². The summed E-state index contributed by atoms with van der Waals surface area (Å²) in [7, 11) is 0. The van der Waals surface area contributed by atoms with Gasteiger partial charge in [0.15, 0.2) is 0 Å². The number of hydrogen-bond acceptors (Lipinski definition) is 0. The maximum atomic E-state index is 6.20. The van der Waals surface area contributed by atoms with E-state index in [4.69, 9.17) is 11.6 Å². The molecule has 0 radical (unpaired) electrons. The predicted molar refractivity (Wildman–Crippen MR) is 55.6 cm³/mol. The SMILES string of the molecule is CC(C)C1CCCCC1C(C)Cl. The van der Waals surface area contributed by atoms with E-state index in [9.17, 15) is 0 Å². The highest BCUT2D eigenvalue weighted by molar-refractivity contribution is 6.20. The number of hydrogen-bond donors (Lipinski definition) is 0. The minimum absolute atomic E-state index is 0.373. The second kappa shape index (κ2) is 4.50. The van der Waals surface area contributed by atoms with Gasteiger partial charge < -0.3 is 0 Å². The van der Waals surface area contributed by atoms with E-state index in [0.717, 1.165) is 17.8 Å². The van der Waals surface area contributed by atoms with Gasteiger partial charge in [-0.25, -0.2) is 0 Å². The minimum atomic E-state index is 0.373. The molecule has 0 aromatic carbocycles.